The maximum atomic E-state index is 13.4. The fourth-order valence-corrected chi connectivity index (χ4v) is 4.28. The molecule has 1 spiro atoms. The van der Waals surface area contributed by atoms with Gasteiger partial charge in [-0.1, -0.05) is 36.4 Å². The lowest BCUT2D eigenvalue weighted by Crippen LogP contribution is -2.44. The number of carbonyl (C=O) groups excluding carboxylic acids is 4. The lowest BCUT2D eigenvalue weighted by Gasteiger charge is -2.23. The van der Waals surface area contributed by atoms with E-state index in [0.717, 1.165) is 16.0 Å². The fourth-order valence-electron chi connectivity index (χ4n) is 4.28. The zero-order valence-electron chi connectivity index (χ0n) is 18.5. The van der Waals surface area contributed by atoms with Crippen LogP contribution in [0.15, 0.2) is 48.5 Å². The minimum atomic E-state index is -1.49. The van der Waals surface area contributed by atoms with Gasteiger partial charge in [0.2, 0.25) is 11.5 Å². The van der Waals surface area contributed by atoms with Gasteiger partial charge in [0.15, 0.2) is 0 Å². The second kappa shape index (κ2) is 9.23. The second-order valence-electron chi connectivity index (χ2n) is 8.06. The first-order valence-corrected chi connectivity index (χ1v) is 10.7. The first-order valence-electron chi connectivity index (χ1n) is 10.7. The number of amides is 5. The molecule has 0 radical (unpaired) electrons. The third-order valence-corrected chi connectivity index (χ3v) is 5.97. The molecular formula is C24H23N5O5. The molecule has 1 aliphatic carbocycles. The van der Waals surface area contributed by atoms with Crippen LogP contribution in [0.5, 0.6) is 0 Å². The van der Waals surface area contributed by atoms with E-state index in [1.807, 2.05) is 36.4 Å². The normalized spacial score (nSPS) is 18.3. The predicted molar refractivity (Wildman–Crippen MR) is 120 cm³/mol. The first-order chi connectivity index (χ1) is 16.4. The molecule has 10 heteroatoms. The van der Waals surface area contributed by atoms with Gasteiger partial charge in [0.25, 0.3) is 5.91 Å². The average molecular weight is 461 g/mol. The molecule has 0 saturated carbocycles. The van der Waals surface area contributed by atoms with Gasteiger partial charge < -0.3 is 20.3 Å². The second-order valence-corrected chi connectivity index (χ2v) is 8.06. The molecule has 2 N–H and O–H groups in total. The number of aryl methyl sites for hydroxylation is 1. The molecule has 2 aliphatic rings. The molecule has 2 aromatic carbocycles. The van der Waals surface area contributed by atoms with Crippen molar-refractivity contribution < 1.29 is 23.9 Å². The van der Waals surface area contributed by atoms with Crippen LogP contribution >= 0.6 is 0 Å². The van der Waals surface area contributed by atoms with E-state index in [2.05, 4.69) is 10.6 Å². The summed E-state index contributed by atoms with van der Waals surface area (Å²) in [6.07, 6.45) is -0.184. The molecule has 1 fully saturated rings. The number of urea groups is 1. The number of nitriles is 1. The zero-order valence-corrected chi connectivity index (χ0v) is 18.5. The van der Waals surface area contributed by atoms with Crippen LogP contribution in [-0.4, -0.2) is 53.9 Å². The summed E-state index contributed by atoms with van der Waals surface area (Å²) in [5.41, 5.74) is 1.20. The fraction of sp³-hybridized carbons (Fsp3) is 0.292. The summed E-state index contributed by atoms with van der Waals surface area (Å²) in [7, 11) is 1.50. The lowest BCUT2D eigenvalue weighted by molar-refractivity contribution is -0.141. The number of nitrogens with one attached hydrogen (secondary N) is 2. The summed E-state index contributed by atoms with van der Waals surface area (Å²) in [6, 6.07) is 15.7. The first kappa shape index (κ1) is 22.8. The van der Waals surface area contributed by atoms with Gasteiger partial charge in [-0.25, -0.2) is 14.5 Å². The van der Waals surface area contributed by atoms with Crippen LogP contribution < -0.4 is 10.6 Å². The van der Waals surface area contributed by atoms with Crippen molar-refractivity contribution in [1.82, 2.24) is 15.1 Å². The van der Waals surface area contributed by atoms with Gasteiger partial charge in [0, 0.05) is 31.3 Å². The summed E-state index contributed by atoms with van der Waals surface area (Å²) < 4.78 is 5.56. The number of nitrogens with zero attached hydrogens (tertiary/aromatic N) is 3. The van der Waals surface area contributed by atoms with E-state index < -0.39 is 30.1 Å². The minimum absolute atomic E-state index is 0.180. The number of carbonyl (C=O) groups is 4. The molecule has 34 heavy (non-hydrogen) atoms. The highest BCUT2D eigenvalue weighted by Crippen LogP contribution is 2.46. The summed E-state index contributed by atoms with van der Waals surface area (Å²) in [5, 5.41) is 14.3. The highest BCUT2D eigenvalue weighted by molar-refractivity contribution is 6.06. The van der Waals surface area contributed by atoms with Crippen LogP contribution in [0.2, 0.25) is 0 Å². The van der Waals surface area contributed by atoms with Crippen molar-refractivity contribution in [3.05, 3.63) is 65.2 Å². The van der Waals surface area contributed by atoms with Gasteiger partial charge in [-0.3, -0.25) is 9.59 Å². The van der Waals surface area contributed by atoms with Crippen molar-refractivity contribution in [3.63, 3.8) is 0 Å². The Labute approximate surface area is 196 Å². The Morgan fingerprint density at radius 3 is 2.68 bits per heavy atom. The Bertz CT molecular complexity index is 1190. The standard InChI is InChI=1S/C24H23N5O5/c1-26-22(32)27-18-7-8-19-17(13-18)9-10-24(19)21(31)29(23(33)34-24)15-20(30)28(12-11-25)14-16-5-3-2-4-6-16/h2-8,13H,9-10,12,14-15H2,1H3,(H2,26,27,32)/t24-/m1/s1. The molecule has 174 valence electrons. The number of anilines is 1. The van der Waals surface area contributed by atoms with E-state index >= 15 is 0 Å². The van der Waals surface area contributed by atoms with Crippen LogP contribution in [0.25, 0.3) is 0 Å². The molecule has 0 bridgehead atoms. The van der Waals surface area contributed by atoms with E-state index in [4.69, 9.17) is 10.00 Å². The largest absolute Gasteiger partial charge is 0.427 e. The Morgan fingerprint density at radius 2 is 1.97 bits per heavy atom. The summed E-state index contributed by atoms with van der Waals surface area (Å²) in [4.78, 5) is 52.6. The summed E-state index contributed by atoms with van der Waals surface area (Å²) >= 11 is 0. The summed E-state index contributed by atoms with van der Waals surface area (Å²) in [6.45, 7) is -0.515. The van der Waals surface area contributed by atoms with E-state index in [-0.39, 0.29) is 25.5 Å². The summed E-state index contributed by atoms with van der Waals surface area (Å²) in [5.74, 6) is -1.13. The quantitative estimate of drug-likeness (QED) is 0.634. The van der Waals surface area contributed by atoms with Crippen molar-refractivity contribution >= 4 is 29.6 Å². The number of hydrogen-bond acceptors (Lipinski definition) is 6. The minimum Gasteiger partial charge on any atom is -0.427 e. The van der Waals surface area contributed by atoms with Crippen LogP contribution in [0.1, 0.15) is 23.1 Å². The maximum absolute atomic E-state index is 13.4. The molecule has 10 nitrogen and oxygen atoms in total. The maximum Gasteiger partial charge on any atom is 0.418 e. The average Bonchev–Trinajstić information content (AvgIpc) is 3.31. The molecule has 1 heterocycles. The van der Waals surface area contributed by atoms with E-state index in [9.17, 15) is 19.2 Å². The number of benzene rings is 2. The van der Waals surface area contributed by atoms with Crippen molar-refractivity contribution in [2.45, 2.75) is 25.0 Å². The Balaban J connectivity index is 1.52. The number of rotatable bonds is 6. The molecule has 5 amide bonds. The van der Waals surface area contributed by atoms with Gasteiger partial charge in [-0.15, -0.1) is 0 Å². The smallest absolute Gasteiger partial charge is 0.418 e. The van der Waals surface area contributed by atoms with E-state index in [1.54, 1.807) is 18.2 Å². The van der Waals surface area contributed by atoms with Gasteiger partial charge in [-0.05, 0) is 29.7 Å². The Hall–Kier alpha value is -4.39. The molecular weight excluding hydrogens is 438 g/mol. The van der Waals surface area contributed by atoms with Gasteiger partial charge in [-0.2, -0.15) is 5.26 Å². The Morgan fingerprint density at radius 1 is 1.21 bits per heavy atom. The van der Waals surface area contributed by atoms with Crippen LogP contribution in [-0.2, 0) is 32.9 Å². The SMILES string of the molecule is CNC(=O)Nc1ccc2c(c1)CC[C@@]21OC(=O)N(CC(=O)N(CC#N)Cc2ccccc2)C1=O. The monoisotopic (exact) mass is 461 g/mol. The van der Waals surface area contributed by atoms with Crippen LogP contribution in [0.3, 0.4) is 0 Å². The van der Waals surface area contributed by atoms with Crippen molar-refractivity contribution in [2.75, 3.05) is 25.5 Å². The van der Waals surface area contributed by atoms with Gasteiger partial charge in [0.05, 0.1) is 6.07 Å². The number of fused-ring (bicyclic) bond motifs is 2. The van der Waals surface area contributed by atoms with E-state index in [1.165, 1.54) is 11.9 Å². The number of hydrogen-bond donors (Lipinski definition) is 2. The predicted octanol–water partition coefficient (Wildman–Crippen LogP) is 2.11. The van der Waals surface area contributed by atoms with Gasteiger partial charge >= 0.3 is 12.1 Å². The van der Waals surface area contributed by atoms with Crippen LogP contribution in [0.4, 0.5) is 15.3 Å². The third-order valence-electron chi connectivity index (χ3n) is 5.97. The molecule has 2 aromatic rings. The molecule has 1 atom stereocenters. The van der Waals surface area contributed by atoms with Crippen molar-refractivity contribution in [3.8, 4) is 6.07 Å². The number of ether oxygens (including phenoxy) is 1. The molecule has 4 rings (SSSR count). The Kier molecular flexibility index (Phi) is 6.19. The van der Waals surface area contributed by atoms with Crippen molar-refractivity contribution in [1.29, 1.82) is 5.26 Å². The topological polar surface area (TPSA) is 132 Å². The molecule has 1 saturated heterocycles. The van der Waals surface area contributed by atoms with E-state index in [0.29, 0.717) is 17.7 Å². The lowest BCUT2D eigenvalue weighted by atomic mass is 9.94. The zero-order chi connectivity index (χ0) is 24.3. The molecule has 0 aromatic heterocycles. The molecule has 1 aliphatic heterocycles. The molecule has 0 unspecified atom stereocenters. The third kappa shape index (κ3) is 4.15. The van der Waals surface area contributed by atoms with Gasteiger partial charge in [0.1, 0.15) is 13.1 Å². The highest BCUT2D eigenvalue weighted by Gasteiger charge is 2.58. The highest BCUT2D eigenvalue weighted by atomic mass is 16.6. The van der Waals surface area contributed by atoms with Crippen molar-refractivity contribution in [2.24, 2.45) is 0 Å². The van der Waals surface area contributed by atoms with Crippen LogP contribution in [0, 0.1) is 11.3 Å². The number of imide groups is 1.